The van der Waals surface area contributed by atoms with Gasteiger partial charge in [-0.2, -0.15) is 13.2 Å². The predicted octanol–water partition coefficient (Wildman–Crippen LogP) is 4.87. The number of pyridine rings is 1. The van der Waals surface area contributed by atoms with E-state index in [2.05, 4.69) is 20.6 Å². The molecule has 3 atom stereocenters. The molecule has 9 nitrogen and oxygen atoms in total. The molecular weight excluding hydrogens is 587 g/mol. The fourth-order valence-corrected chi connectivity index (χ4v) is 5.41. The summed E-state index contributed by atoms with van der Waals surface area (Å²) < 4.78 is 44.8. The smallest absolute Gasteiger partial charge is 0.416 e. The molecule has 2 amide bonds. The fourth-order valence-electron chi connectivity index (χ4n) is 5.41. The normalized spacial score (nSPS) is 16.4. The van der Waals surface area contributed by atoms with E-state index in [9.17, 15) is 27.9 Å². The van der Waals surface area contributed by atoms with Gasteiger partial charge in [0.1, 0.15) is 12.3 Å². The zero-order chi connectivity index (χ0) is 32.0. The number of hydrogen-bond donors (Lipinski definition) is 3. The third-order valence-corrected chi connectivity index (χ3v) is 7.70. The van der Waals surface area contributed by atoms with Gasteiger partial charge in [-0.1, -0.05) is 48.5 Å². The number of rotatable bonds is 11. The molecule has 1 aliphatic rings. The Bertz CT molecular complexity index is 1610. The number of likely N-dealkylation sites (tertiary alicyclic amines) is 1. The van der Waals surface area contributed by atoms with Gasteiger partial charge in [0, 0.05) is 32.0 Å². The topological polar surface area (TPSA) is 121 Å². The summed E-state index contributed by atoms with van der Waals surface area (Å²) in [5, 5.41) is 17.0. The van der Waals surface area contributed by atoms with Gasteiger partial charge in [-0.3, -0.25) is 14.6 Å². The van der Waals surface area contributed by atoms with Gasteiger partial charge in [-0.05, 0) is 49.4 Å². The van der Waals surface area contributed by atoms with Crippen molar-refractivity contribution in [3.8, 4) is 0 Å². The van der Waals surface area contributed by atoms with Crippen LogP contribution in [0.4, 0.5) is 13.2 Å². The first-order chi connectivity index (χ1) is 21.6. The zero-order valence-corrected chi connectivity index (χ0v) is 24.6. The minimum Gasteiger partial charge on any atom is -0.446 e. The molecule has 4 aromatic rings. The van der Waals surface area contributed by atoms with Crippen molar-refractivity contribution in [1.82, 2.24) is 25.5 Å². The summed E-state index contributed by atoms with van der Waals surface area (Å²) in [7, 11) is 0. The number of oxazole rings is 1. The van der Waals surface area contributed by atoms with Crippen LogP contribution in [0.25, 0.3) is 0 Å². The number of alkyl halides is 3. The van der Waals surface area contributed by atoms with Crippen molar-refractivity contribution in [2.75, 3.05) is 13.1 Å². The number of hydrogen-bond acceptors (Lipinski definition) is 7. The lowest BCUT2D eigenvalue weighted by molar-refractivity contribution is -0.137. The third-order valence-electron chi connectivity index (χ3n) is 7.70. The first-order valence-corrected chi connectivity index (χ1v) is 14.7. The second-order valence-corrected chi connectivity index (χ2v) is 11.1. The van der Waals surface area contributed by atoms with E-state index >= 15 is 0 Å². The minimum absolute atomic E-state index is 0.00143. The van der Waals surface area contributed by atoms with Crippen LogP contribution in [0.3, 0.4) is 0 Å². The Morgan fingerprint density at radius 3 is 2.56 bits per heavy atom. The van der Waals surface area contributed by atoms with Crippen LogP contribution < -0.4 is 10.6 Å². The summed E-state index contributed by atoms with van der Waals surface area (Å²) in [6, 6.07) is 14.6. The minimum atomic E-state index is -4.46. The lowest BCUT2D eigenvalue weighted by Gasteiger charge is -2.25. The third kappa shape index (κ3) is 8.14. The van der Waals surface area contributed by atoms with E-state index in [1.54, 1.807) is 17.2 Å². The number of nitrogens with zero attached hydrogens (tertiary/aromatic N) is 3. The molecule has 3 heterocycles. The molecule has 0 unspecified atom stereocenters. The van der Waals surface area contributed by atoms with Crippen molar-refractivity contribution in [2.45, 2.75) is 57.1 Å². The Hall–Kier alpha value is -4.55. The average molecular weight is 622 g/mol. The molecule has 0 radical (unpaired) electrons. The highest BCUT2D eigenvalue weighted by atomic mass is 19.4. The summed E-state index contributed by atoms with van der Waals surface area (Å²) >= 11 is 0. The van der Waals surface area contributed by atoms with Gasteiger partial charge in [0.25, 0.3) is 11.8 Å². The molecule has 3 N–H and O–H groups in total. The number of aliphatic hydroxyl groups is 1. The largest absolute Gasteiger partial charge is 0.446 e. The van der Waals surface area contributed by atoms with E-state index in [0.29, 0.717) is 24.4 Å². The number of amides is 2. The number of aromatic nitrogens is 2. The molecule has 1 fully saturated rings. The molecular formula is C33H34F3N5O4. The van der Waals surface area contributed by atoms with Gasteiger partial charge in [-0.15, -0.1) is 0 Å². The second kappa shape index (κ2) is 14.0. The lowest BCUT2D eigenvalue weighted by atomic mass is 10.00. The molecule has 1 aliphatic heterocycles. The predicted molar refractivity (Wildman–Crippen MR) is 159 cm³/mol. The second-order valence-electron chi connectivity index (χ2n) is 11.1. The molecule has 0 spiro atoms. The SMILES string of the molecule is Cc1coc([C@H]2CCCN2C(=O)c2cncc(C(=O)N[C@@H](Cc3ccccc3)[C@H](O)CNCc3cccc(C(F)(F)F)c3)c2)n1. The van der Waals surface area contributed by atoms with Crippen molar-refractivity contribution in [3.63, 3.8) is 0 Å². The van der Waals surface area contributed by atoms with Gasteiger partial charge >= 0.3 is 6.18 Å². The number of carbonyl (C=O) groups is 2. The molecule has 12 heteroatoms. The van der Waals surface area contributed by atoms with Gasteiger partial charge < -0.3 is 25.1 Å². The molecule has 236 valence electrons. The maximum absolute atomic E-state index is 13.5. The Balaban J connectivity index is 1.26. The van der Waals surface area contributed by atoms with Crippen LogP contribution in [-0.2, 0) is 19.1 Å². The summed E-state index contributed by atoms with van der Waals surface area (Å²) in [6.07, 6.45) is 0.537. The van der Waals surface area contributed by atoms with E-state index in [1.165, 1.54) is 24.5 Å². The van der Waals surface area contributed by atoms with E-state index in [0.717, 1.165) is 29.8 Å². The Morgan fingerprint density at radius 1 is 1.07 bits per heavy atom. The molecule has 0 bridgehead atoms. The standard InChI is InChI=1S/C33H34F3N5O4/c1-21-20-45-31(39-21)28-11-6-12-41(28)32(44)25-15-24(17-38-18-25)30(43)40-27(14-22-7-3-2-4-8-22)29(42)19-37-16-23-9-5-10-26(13-23)33(34,35)36/h2-5,7-10,13,15,17-18,20,27-29,37,42H,6,11-12,14,16,19H2,1H3,(H,40,43)/t27-,28+,29+/m0/s1. The zero-order valence-electron chi connectivity index (χ0n) is 24.6. The van der Waals surface area contributed by atoms with Crippen LogP contribution in [0.1, 0.15) is 67.9 Å². The Labute approximate surface area is 258 Å². The van der Waals surface area contributed by atoms with Crippen molar-refractivity contribution in [1.29, 1.82) is 0 Å². The molecule has 0 saturated carbocycles. The highest BCUT2D eigenvalue weighted by Gasteiger charge is 2.34. The van der Waals surface area contributed by atoms with Gasteiger partial charge in [0.2, 0.25) is 5.89 Å². The van der Waals surface area contributed by atoms with Crippen LogP contribution in [-0.4, -0.2) is 57.0 Å². The monoisotopic (exact) mass is 621 g/mol. The summed E-state index contributed by atoms with van der Waals surface area (Å²) in [6.45, 7) is 2.42. The first-order valence-electron chi connectivity index (χ1n) is 14.7. The quantitative estimate of drug-likeness (QED) is 0.219. The molecule has 45 heavy (non-hydrogen) atoms. The number of nitrogens with one attached hydrogen (secondary N) is 2. The summed E-state index contributed by atoms with van der Waals surface area (Å²) in [5.41, 5.74) is 1.63. The van der Waals surface area contributed by atoms with E-state index in [4.69, 9.17) is 4.42 Å². The van der Waals surface area contributed by atoms with Crippen LogP contribution in [0, 0.1) is 6.92 Å². The number of aliphatic hydroxyl groups excluding tert-OH is 1. The van der Waals surface area contributed by atoms with Crippen molar-refractivity contribution in [3.05, 3.63) is 119 Å². The Morgan fingerprint density at radius 2 is 1.82 bits per heavy atom. The first kappa shape index (κ1) is 31.9. The number of benzene rings is 2. The van der Waals surface area contributed by atoms with Crippen molar-refractivity contribution < 1.29 is 32.3 Å². The Kier molecular flexibility index (Phi) is 9.94. The fraction of sp³-hybridized carbons (Fsp3) is 0.333. The molecule has 2 aromatic carbocycles. The summed E-state index contributed by atoms with van der Waals surface area (Å²) in [5.74, 6) is -0.355. The highest BCUT2D eigenvalue weighted by molar-refractivity contribution is 5.99. The van der Waals surface area contributed by atoms with Crippen molar-refractivity contribution in [2.24, 2.45) is 0 Å². The van der Waals surface area contributed by atoms with Crippen LogP contribution in [0.15, 0.2) is 83.7 Å². The van der Waals surface area contributed by atoms with Gasteiger partial charge in [-0.25, -0.2) is 4.98 Å². The van der Waals surface area contributed by atoms with E-state index in [-0.39, 0.29) is 42.6 Å². The molecule has 2 aromatic heterocycles. The van der Waals surface area contributed by atoms with Crippen LogP contribution >= 0.6 is 0 Å². The molecule has 0 aliphatic carbocycles. The van der Waals surface area contributed by atoms with E-state index < -0.39 is 29.8 Å². The molecule has 1 saturated heterocycles. The van der Waals surface area contributed by atoms with Crippen LogP contribution in [0.2, 0.25) is 0 Å². The van der Waals surface area contributed by atoms with Gasteiger partial charge in [0.05, 0.1) is 34.5 Å². The maximum Gasteiger partial charge on any atom is 0.416 e. The highest BCUT2D eigenvalue weighted by Crippen LogP contribution is 2.33. The van der Waals surface area contributed by atoms with Crippen LogP contribution in [0.5, 0.6) is 0 Å². The van der Waals surface area contributed by atoms with Crippen molar-refractivity contribution >= 4 is 11.8 Å². The number of aryl methyl sites for hydroxylation is 1. The maximum atomic E-state index is 13.5. The molecule has 5 rings (SSSR count). The number of carbonyl (C=O) groups excluding carboxylic acids is 2. The van der Waals surface area contributed by atoms with Gasteiger partial charge in [0.15, 0.2) is 0 Å². The van der Waals surface area contributed by atoms with E-state index in [1.807, 2.05) is 37.3 Å². The number of halogens is 3. The average Bonchev–Trinajstić information content (AvgIpc) is 3.70. The lowest BCUT2D eigenvalue weighted by Crippen LogP contribution is -2.48. The summed E-state index contributed by atoms with van der Waals surface area (Å²) in [4.78, 5) is 37.1.